The second-order valence-corrected chi connectivity index (χ2v) is 10.3. The molecule has 182 valence electrons. The predicted octanol–water partition coefficient (Wildman–Crippen LogP) is 4.77. The predicted molar refractivity (Wildman–Crippen MR) is 136 cm³/mol. The van der Waals surface area contributed by atoms with Gasteiger partial charge in [0, 0.05) is 28.8 Å². The molecular weight excluding hydrogens is 486 g/mol. The lowest BCUT2D eigenvalue weighted by atomic mass is 10.0. The number of aromatic hydroxyl groups is 1. The van der Waals surface area contributed by atoms with Crippen molar-refractivity contribution in [2.45, 2.75) is 29.6 Å². The maximum atomic E-state index is 12.7. The SMILES string of the molecule is CC(C)c1ccccc1Sc1c(O)cc(-c2ccc(OCCN3CCSC(=O)C3=O)cc2)oc1=O. The molecule has 0 saturated carbocycles. The zero-order valence-corrected chi connectivity index (χ0v) is 21.0. The van der Waals surface area contributed by atoms with Crippen molar-refractivity contribution in [3.8, 4) is 22.8 Å². The Morgan fingerprint density at radius 3 is 2.57 bits per heavy atom. The Hall–Kier alpha value is -3.17. The van der Waals surface area contributed by atoms with Gasteiger partial charge in [0.25, 0.3) is 5.12 Å². The molecule has 0 aliphatic carbocycles. The topological polar surface area (TPSA) is 97.1 Å². The Bertz CT molecular complexity index is 1290. The minimum Gasteiger partial charge on any atom is -0.506 e. The van der Waals surface area contributed by atoms with E-state index in [0.717, 1.165) is 22.2 Å². The fourth-order valence-corrected chi connectivity index (χ4v) is 5.44. The third-order valence-electron chi connectivity index (χ3n) is 5.47. The average Bonchev–Trinajstić information content (AvgIpc) is 2.84. The van der Waals surface area contributed by atoms with Crippen LogP contribution < -0.4 is 10.4 Å². The van der Waals surface area contributed by atoms with Crippen LogP contribution in [0.25, 0.3) is 11.3 Å². The van der Waals surface area contributed by atoms with E-state index in [-0.39, 0.29) is 28.9 Å². The summed E-state index contributed by atoms with van der Waals surface area (Å²) in [5.74, 6) is 1.07. The molecule has 4 rings (SSSR count). The Morgan fingerprint density at radius 2 is 1.86 bits per heavy atom. The van der Waals surface area contributed by atoms with Gasteiger partial charge in [-0.1, -0.05) is 55.6 Å². The number of amides is 1. The van der Waals surface area contributed by atoms with Crippen LogP contribution in [0.3, 0.4) is 0 Å². The van der Waals surface area contributed by atoms with Crippen LogP contribution in [-0.4, -0.2) is 46.5 Å². The van der Waals surface area contributed by atoms with Crippen molar-refractivity contribution in [3.05, 3.63) is 70.6 Å². The molecule has 2 heterocycles. The van der Waals surface area contributed by atoms with E-state index in [0.29, 0.717) is 30.2 Å². The Morgan fingerprint density at radius 1 is 1.11 bits per heavy atom. The number of nitrogens with zero attached hydrogens (tertiary/aromatic N) is 1. The summed E-state index contributed by atoms with van der Waals surface area (Å²) in [6.07, 6.45) is 0. The van der Waals surface area contributed by atoms with Crippen molar-refractivity contribution in [1.82, 2.24) is 4.90 Å². The van der Waals surface area contributed by atoms with Crippen molar-refractivity contribution in [1.29, 1.82) is 0 Å². The van der Waals surface area contributed by atoms with Crippen LogP contribution in [0.5, 0.6) is 11.5 Å². The smallest absolute Gasteiger partial charge is 0.354 e. The van der Waals surface area contributed by atoms with E-state index in [4.69, 9.17) is 9.15 Å². The standard InChI is InChI=1S/C26H25NO6S2/c1-16(2)19-5-3-4-6-22(19)35-23-20(28)15-21(33-25(23)30)17-7-9-18(10-8-17)32-13-11-27-12-14-34-26(31)24(27)29/h3-10,15-16,28H,11-14H2,1-2H3. The third kappa shape index (κ3) is 5.91. The highest BCUT2D eigenvalue weighted by Gasteiger charge is 2.26. The molecule has 0 atom stereocenters. The molecule has 0 unspecified atom stereocenters. The Labute approximate surface area is 211 Å². The molecule has 7 nitrogen and oxygen atoms in total. The number of benzene rings is 2. The fourth-order valence-electron chi connectivity index (χ4n) is 3.61. The summed E-state index contributed by atoms with van der Waals surface area (Å²) < 4.78 is 11.2. The number of ether oxygens (including phenoxy) is 1. The van der Waals surface area contributed by atoms with Gasteiger partial charge in [-0.25, -0.2) is 4.79 Å². The number of carbonyl (C=O) groups is 2. The van der Waals surface area contributed by atoms with E-state index in [1.54, 1.807) is 24.3 Å². The highest BCUT2D eigenvalue weighted by Crippen LogP contribution is 2.37. The number of hydrogen-bond acceptors (Lipinski definition) is 8. The van der Waals surface area contributed by atoms with Crippen LogP contribution in [0, 0.1) is 0 Å². The maximum absolute atomic E-state index is 12.7. The number of thioether (sulfide) groups is 1. The number of hydrogen-bond donors (Lipinski definition) is 1. The maximum Gasteiger partial charge on any atom is 0.354 e. The number of carbonyl (C=O) groups excluding carboxylic acids is 2. The van der Waals surface area contributed by atoms with Crippen molar-refractivity contribution in [2.24, 2.45) is 0 Å². The fraction of sp³-hybridized carbons (Fsp3) is 0.269. The van der Waals surface area contributed by atoms with E-state index < -0.39 is 16.6 Å². The summed E-state index contributed by atoms with van der Waals surface area (Å²) in [5, 5.41) is 10.2. The van der Waals surface area contributed by atoms with Crippen molar-refractivity contribution >= 4 is 34.5 Å². The first kappa shape index (κ1) is 24.9. The van der Waals surface area contributed by atoms with Crippen LogP contribution >= 0.6 is 23.5 Å². The second kappa shape index (κ2) is 11.0. The Kier molecular flexibility index (Phi) is 7.87. The van der Waals surface area contributed by atoms with Gasteiger partial charge in [0.2, 0.25) is 0 Å². The highest BCUT2D eigenvalue weighted by molar-refractivity contribution is 8.15. The Balaban J connectivity index is 1.43. The van der Waals surface area contributed by atoms with E-state index in [2.05, 4.69) is 13.8 Å². The van der Waals surface area contributed by atoms with Crippen LogP contribution in [0.2, 0.25) is 0 Å². The minimum atomic E-state index is -0.609. The molecule has 1 aromatic heterocycles. The van der Waals surface area contributed by atoms with Gasteiger partial charge in [0.15, 0.2) is 0 Å². The van der Waals surface area contributed by atoms with Crippen molar-refractivity contribution in [2.75, 3.05) is 25.4 Å². The van der Waals surface area contributed by atoms with Gasteiger partial charge in [-0.15, -0.1) is 0 Å². The van der Waals surface area contributed by atoms with Gasteiger partial charge in [-0.05, 0) is 41.8 Å². The van der Waals surface area contributed by atoms with Gasteiger partial charge in [-0.2, -0.15) is 0 Å². The van der Waals surface area contributed by atoms with E-state index in [9.17, 15) is 19.5 Å². The van der Waals surface area contributed by atoms with Gasteiger partial charge >= 0.3 is 11.5 Å². The lowest BCUT2D eigenvalue weighted by Gasteiger charge is -2.24. The molecule has 1 N–H and O–H groups in total. The van der Waals surface area contributed by atoms with E-state index in [1.165, 1.54) is 22.7 Å². The van der Waals surface area contributed by atoms with Crippen molar-refractivity contribution in [3.63, 3.8) is 0 Å². The summed E-state index contributed by atoms with van der Waals surface area (Å²) in [6, 6.07) is 16.1. The molecule has 0 spiro atoms. The largest absolute Gasteiger partial charge is 0.506 e. The molecular formula is C26H25NO6S2. The molecule has 1 fully saturated rings. The van der Waals surface area contributed by atoms with Gasteiger partial charge in [-0.3, -0.25) is 9.59 Å². The zero-order chi connectivity index (χ0) is 24.9. The van der Waals surface area contributed by atoms with Gasteiger partial charge in [0.1, 0.15) is 28.8 Å². The number of rotatable bonds is 8. The molecule has 1 saturated heterocycles. The van der Waals surface area contributed by atoms with Gasteiger partial charge in [0.05, 0.1) is 6.54 Å². The molecule has 0 bridgehead atoms. The molecule has 1 aliphatic heterocycles. The lowest BCUT2D eigenvalue weighted by molar-refractivity contribution is -0.140. The summed E-state index contributed by atoms with van der Waals surface area (Å²) in [7, 11) is 0. The quantitative estimate of drug-likeness (QED) is 0.432. The minimum absolute atomic E-state index is 0.140. The third-order valence-corrected chi connectivity index (χ3v) is 7.46. The van der Waals surface area contributed by atoms with Crippen LogP contribution in [0.1, 0.15) is 25.3 Å². The molecule has 1 amide bonds. The monoisotopic (exact) mass is 511 g/mol. The normalized spacial score (nSPS) is 14.0. The lowest BCUT2D eigenvalue weighted by Crippen LogP contribution is -2.43. The highest BCUT2D eigenvalue weighted by atomic mass is 32.2. The van der Waals surface area contributed by atoms with Crippen molar-refractivity contribution < 1.29 is 23.8 Å². The first-order valence-corrected chi connectivity index (χ1v) is 13.0. The average molecular weight is 512 g/mol. The summed E-state index contributed by atoms with van der Waals surface area (Å²) in [5.41, 5.74) is 1.09. The zero-order valence-electron chi connectivity index (χ0n) is 19.4. The first-order chi connectivity index (χ1) is 16.8. The molecule has 0 radical (unpaired) electrons. The van der Waals surface area contributed by atoms with Crippen LogP contribution in [0.15, 0.2) is 73.6 Å². The van der Waals surface area contributed by atoms with Gasteiger partial charge < -0.3 is 19.2 Å². The summed E-state index contributed by atoms with van der Waals surface area (Å²) in [4.78, 5) is 38.6. The molecule has 2 aromatic carbocycles. The van der Waals surface area contributed by atoms with Crippen LogP contribution in [0.4, 0.5) is 0 Å². The summed E-state index contributed by atoms with van der Waals surface area (Å²) in [6.45, 7) is 5.26. The molecule has 1 aliphatic rings. The van der Waals surface area contributed by atoms with E-state index in [1.807, 2.05) is 24.3 Å². The molecule has 3 aromatic rings. The first-order valence-electron chi connectivity index (χ1n) is 11.2. The molecule has 9 heteroatoms. The molecule has 35 heavy (non-hydrogen) atoms. The summed E-state index contributed by atoms with van der Waals surface area (Å²) >= 11 is 2.24. The van der Waals surface area contributed by atoms with E-state index >= 15 is 0 Å². The van der Waals surface area contributed by atoms with Crippen LogP contribution in [-0.2, 0) is 9.59 Å². The second-order valence-electron chi connectivity index (χ2n) is 8.21.